The van der Waals surface area contributed by atoms with E-state index >= 15 is 0 Å². The van der Waals surface area contributed by atoms with Crippen LogP contribution < -0.4 is 9.47 Å². The molecule has 2 aromatic heterocycles. The van der Waals surface area contributed by atoms with Gasteiger partial charge in [-0.2, -0.15) is 5.10 Å². The molecule has 0 aliphatic carbocycles. The van der Waals surface area contributed by atoms with Crippen LogP contribution in [-0.4, -0.2) is 62.3 Å². The van der Waals surface area contributed by atoms with Crippen molar-refractivity contribution in [3.05, 3.63) is 89.2 Å². The number of fused-ring (bicyclic) bond motifs is 2. The standard InChI is InChI=1S/C31H27ClN4O5/c1-19-13-21-14-22(32)5-4-20(21)15-29(19)40-18-28(38)25-17-36(12-11-35-10-8-27(37)31(35)39)26-16-23(6-7-24(25)26)41-30-3-2-9-33-34-30/h2-7,9,13-17,27,37H,8,10-12,18H2,1H3/t27-/m0/s1. The van der Waals surface area contributed by atoms with Crippen LogP contribution in [0, 0.1) is 6.92 Å². The average molecular weight is 571 g/mol. The fourth-order valence-electron chi connectivity index (χ4n) is 5.12. The molecule has 3 heterocycles. The molecule has 0 spiro atoms. The third-order valence-electron chi connectivity index (χ3n) is 7.26. The first-order chi connectivity index (χ1) is 19.9. The number of carbonyl (C=O) groups excluding carboxylic acids is 2. The molecule has 10 heteroatoms. The number of hydrogen-bond donors (Lipinski definition) is 1. The molecule has 6 rings (SSSR count). The minimum atomic E-state index is -0.951. The highest BCUT2D eigenvalue weighted by molar-refractivity contribution is 6.31. The molecule has 9 nitrogen and oxygen atoms in total. The number of hydrogen-bond acceptors (Lipinski definition) is 7. The van der Waals surface area contributed by atoms with Gasteiger partial charge in [0.2, 0.25) is 11.7 Å². The zero-order chi connectivity index (χ0) is 28.5. The highest BCUT2D eigenvalue weighted by Crippen LogP contribution is 2.30. The number of ketones is 1. The summed E-state index contributed by atoms with van der Waals surface area (Å²) in [5, 5.41) is 21.0. The third-order valence-corrected chi connectivity index (χ3v) is 7.49. The number of halogens is 1. The number of likely N-dealkylation sites (tertiary alicyclic amines) is 1. The Bertz CT molecular complexity index is 1770. The van der Waals surface area contributed by atoms with E-state index in [4.69, 9.17) is 21.1 Å². The Morgan fingerprint density at radius 1 is 1.10 bits per heavy atom. The zero-order valence-electron chi connectivity index (χ0n) is 22.3. The number of ether oxygens (including phenoxy) is 2. The number of rotatable bonds is 9. The van der Waals surface area contributed by atoms with Crippen molar-refractivity contribution in [1.82, 2.24) is 19.7 Å². The maximum absolute atomic E-state index is 13.5. The van der Waals surface area contributed by atoms with Crippen LogP contribution in [0.1, 0.15) is 22.3 Å². The van der Waals surface area contributed by atoms with Crippen LogP contribution >= 0.6 is 11.6 Å². The van der Waals surface area contributed by atoms with Gasteiger partial charge in [-0.3, -0.25) is 9.59 Å². The number of carbonyl (C=O) groups is 2. The molecule has 3 aromatic carbocycles. The van der Waals surface area contributed by atoms with Crippen LogP contribution in [0.3, 0.4) is 0 Å². The number of benzene rings is 3. The average Bonchev–Trinajstić information content (AvgIpc) is 3.49. The first-order valence-corrected chi connectivity index (χ1v) is 13.6. The number of aryl methyl sites for hydroxylation is 1. The fraction of sp³-hybridized carbons (Fsp3) is 0.226. The van der Waals surface area contributed by atoms with Gasteiger partial charge in [0.15, 0.2) is 6.61 Å². The van der Waals surface area contributed by atoms with Crippen molar-refractivity contribution in [3.8, 4) is 17.4 Å². The lowest BCUT2D eigenvalue weighted by molar-refractivity contribution is -0.134. The molecule has 208 valence electrons. The maximum atomic E-state index is 13.5. The van der Waals surface area contributed by atoms with Gasteiger partial charge in [-0.05, 0) is 72.1 Å². The number of amides is 1. The van der Waals surface area contributed by atoms with E-state index < -0.39 is 6.10 Å². The Morgan fingerprint density at radius 3 is 2.76 bits per heavy atom. The number of Topliss-reactive ketones (excluding diaryl/α,β-unsaturated/α-hetero) is 1. The normalized spacial score (nSPS) is 15.1. The van der Waals surface area contributed by atoms with Crippen LogP contribution in [0.15, 0.2) is 73.1 Å². The van der Waals surface area contributed by atoms with E-state index in [-0.39, 0.29) is 18.3 Å². The lowest BCUT2D eigenvalue weighted by Gasteiger charge is -2.16. The van der Waals surface area contributed by atoms with Gasteiger partial charge in [0.05, 0.1) is 5.52 Å². The maximum Gasteiger partial charge on any atom is 0.251 e. The molecule has 0 saturated carbocycles. The van der Waals surface area contributed by atoms with E-state index in [0.717, 1.165) is 27.2 Å². The lowest BCUT2D eigenvalue weighted by atomic mass is 10.1. The fourth-order valence-corrected chi connectivity index (χ4v) is 5.30. The molecule has 0 bridgehead atoms. The molecule has 1 atom stereocenters. The number of aliphatic hydroxyl groups excluding tert-OH is 1. The van der Waals surface area contributed by atoms with Crippen LogP contribution in [0.5, 0.6) is 17.4 Å². The van der Waals surface area contributed by atoms with Crippen molar-refractivity contribution in [3.63, 3.8) is 0 Å². The molecule has 1 fully saturated rings. The Balaban J connectivity index is 1.27. The van der Waals surface area contributed by atoms with Gasteiger partial charge in [0.25, 0.3) is 5.91 Å². The predicted octanol–water partition coefficient (Wildman–Crippen LogP) is 5.19. The monoisotopic (exact) mass is 570 g/mol. The summed E-state index contributed by atoms with van der Waals surface area (Å²) in [5.74, 6) is 1.06. The minimum Gasteiger partial charge on any atom is -0.485 e. The van der Waals surface area contributed by atoms with E-state index in [2.05, 4.69) is 10.2 Å². The van der Waals surface area contributed by atoms with E-state index in [1.165, 1.54) is 0 Å². The Kier molecular flexibility index (Phi) is 7.30. The first-order valence-electron chi connectivity index (χ1n) is 13.3. The van der Waals surface area contributed by atoms with Gasteiger partial charge in [-0.15, -0.1) is 5.10 Å². The van der Waals surface area contributed by atoms with Crippen molar-refractivity contribution in [2.75, 3.05) is 19.7 Å². The molecule has 0 radical (unpaired) electrons. The van der Waals surface area contributed by atoms with Crippen LogP contribution in [-0.2, 0) is 11.3 Å². The molecular formula is C31H27ClN4O5. The molecule has 1 saturated heterocycles. The summed E-state index contributed by atoms with van der Waals surface area (Å²) in [6.45, 7) is 3.12. The SMILES string of the molecule is Cc1cc2cc(Cl)ccc2cc1OCC(=O)c1cn(CCN2CC[C@H](O)C2=O)c2cc(Oc3cccnn3)ccc12. The van der Waals surface area contributed by atoms with Crippen molar-refractivity contribution in [2.45, 2.75) is 26.0 Å². The van der Waals surface area contributed by atoms with Crippen LogP contribution in [0.4, 0.5) is 0 Å². The smallest absolute Gasteiger partial charge is 0.251 e. The predicted molar refractivity (Wildman–Crippen MR) is 155 cm³/mol. The Hall–Kier alpha value is -4.47. The number of aliphatic hydroxyl groups is 1. The third kappa shape index (κ3) is 5.59. The summed E-state index contributed by atoms with van der Waals surface area (Å²) in [6, 6.07) is 18.4. The van der Waals surface area contributed by atoms with E-state index in [0.29, 0.717) is 54.0 Å². The topological polar surface area (TPSA) is 107 Å². The van der Waals surface area contributed by atoms with E-state index in [9.17, 15) is 14.7 Å². The van der Waals surface area contributed by atoms with Crippen molar-refractivity contribution >= 4 is 45.0 Å². The molecule has 41 heavy (non-hydrogen) atoms. The van der Waals surface area contributed by atoms with Gasteiger partial charge in [-0.1, -0.05) is 17.7 Å². The summed E-state index contributed by atoms with van der Waals surface area (Å²) in [5.41, 5.74) is 2.17. The molecular weight excluding hydrogens is 544 g/mol. The first kappa shape index (κ1) is 26.7. The second kappa shape index (κ2) is 11.2. The molecule has 1 aliphatic heterocycles. The van der Waals surface area contributed by atoms with E-state index in [1.54, 1.807) is 35.5 Å². The largest absolute Gasteiger partial charge is 0.485 e. The number of aromatic nitrogens is 3. The zero-order valence-corrected chi connectivity index (χ0v) is 23.0. The van der Waals surface area contributed by atoms with Crippen LogP contribution in [0.2, 0.25) is 5.02 Å². The van der Waals surface area contributed by atoms with Gasteiger partial charge < -0.3 is 24.0 Å². The minimum absolute atomic E-state index is 0.145. The number of nitrogens with zero attached hydrogens (tertiary/aromatic N) is 4. The highest BCUT2D eigenvalue weighted by atomic mass is 35.5. The summed E-state index contributed by atoms with van der Waals surface area (Å²) < 4.78 is 13.8. The summed E-state index contributed by atoms with van der Waals surface area (Å²) in [4.78, 5) is 27.4. The quantitative estimate of drug-likeness (QED) is 0.243. The summed E-state index contributed by atoms with van der Waals surface area (Å²) in [6.07, 6.45) is 2.82. The highest BCUT2D eigenvalue weighted by Gasteiger charge is 2.29. The van der Waals surface area contributed by atoms with Gasteiger partial charge >= 0.3 is 0 Å². The van der Waals surface area contributed by atoms with E-state index in [1.807, 2.05) is 54.0 Å². The lowest BCUT2D eigenvalue weighted by Crippen LogP contribution is -2.32. The molecule has 1 amide bonds. The molecule has 0 unspecified atom stereocenters. The van der Waals surface area contributed by atoms with Crippen LogP contribution in [0.25, 0.3) is 21.7 Å². The second-order valence-corrected chi connectivity index (χ2v) is 10.5. The van der Waals surface area contributed by atoms with Crippen molar-refractivity contribution in [1.29, 1.82) is 0 Å². The second-order valence-electron chi connectivity index (χ2n) is 10.0. The van der Waals surface area contributed by atoms with Gasteiger partial charge in [-0.25, -0.2) is 0 Å². The molecule has 1 N–H and O–H groups in total. The van der Waals surface area contributed by atoms with Crippen molar-refractivity contribution < 1.29 is 24.2 Å². The summed E-state index contributed by atoms with van der Waals surface area (Å²) in [7, 11) is 0. The van der Waals surface area contributed by atoms with Gasteiger partial charge in [0, 0.05) is 60.1 Å². The molecule has 1 aliphatic rings. The Labute approximate surface area is 240 Å². The van der Waals surface area contributed by atoms with Gasteiger partial charge in [0.1, 0.15) is 17.6 Å². The van der Waals surface area contributed by atoms with Crippen molar-refractivity contribution in [2.24, 2.45) is 0 Å². The Morgan fingerprint density at radius 2 is 1.98 bits per heavy atom. The molecule has 5 aromatic rings. The summed E-state index contributed by atoms with van der Waals surface area (Å²) >= 11 is 6.13.